The van der Waals surface area contributed by atoms with E-state index in [0.717, 1.165) is 32.2 Å². The molecule has 0 aromatic heterocycles. The Labute approximate surface area is 105 Å². The summed E-state index contributed by atoms with van der Waals surface area (Å²) >= 11 is 0. The average molecular weight is 241 g/mol. The molecule has 0 fully saturated rings. The van der Waals surface area contributed by atoms with Crippen molar-refractivity contribution in [1.29, 1.82) is 0 Å². The number of carbonyl (C=O) groups is 1. The first-order valence-electron chi connectivity index (χ1n) is 6.97. The zero-order valence-electron chi connectivity index (χ0n) is 11.2. The molecule has 0 aliphatic carbocycles. The van der Waals surface area contributed by atoms with Gasteiger partial charge in [-0.1, -0.05) is 39.0 Å². The first kappa shape index (κ1) is 16.1. The van der Waals surface area contributed by atoms with E-state index >= 15 is 0 Å². The van der Waals surface area contributed by atoms with E-state index in [1.807, 2.05) is 6.21 Å². The molecule has 3 nitrogen and oxygen atoms in total. The highest BCUT2D eigenvalue weighted by Crippen LogP contribution is 2.04. The average Bonchev–Trinajstić information content (AvgIpc) is 2.30. The summed E-state index contributed by atoms with van der Waals surface area (Å²) in [5.41, 5.74) is 0. The fourth-order valence-electron chi connectivity index (χ4n) is 1.68. The van der Waals surface area contributed by atoms with Gasteiger partial charge < -0.3 is 5.11 Å². The highest BCUT2D eigenvalue weighted by Gasteiger charge is 1.95. The lowest BCUT2D eigenvalue weighted by Crippen LogP contribution is -1.94. The monoisotopic (exact) mass is 241 g/mol. The lowest BCUT2D eigenvalue weighted by atomic mass is 10.1. The van der Waals surface area contributed by atoms with Crippen molar-refractivity contribution in [1.82, 2.24) is 0 Å². The second kappa shape index (κ2) is 13.2. The van der Waals surface area contributed by atoms with E-state index < -0.39 is 5.97 Å². The van der Waals surface area contributed by atoms with Crippen LogP contribution in [0.25, 0.3) is 0 Å². The molecule has 3 heteroatoms. The summed E-state index contributed by atoms with van der Waals surface area (Å²) in [6.07, 6.45) is 12.7. The maximum absolute atomic E-state index is 10.3. The van der Waals surface area contributed by atoms with Crippen molar-refractivity contribution in [3.8, 4) is 0 Å². The number of rotatable bonds is 12. The van der Waals surface area contributed by atoms with E-state index in [-0.39, 0.29) is 0 Å². The lowest BCUT2D eigenvalue weighted by molar-refractivity contribution is -0.137. The third-order valence-corrected chi connectivity index (χ3v) is 2.74. The number of carboxylic acids is 1. The minimum absolute atomic E-state index is 0.293. The van der Waals surface area contributed by atoms with Crippen molar-refractivity contribution in [2.45, 2.75) is 71.1 Å². The summed E-state index contributed by atoms with van der Waals surface area (Å²) in [6, 6.07) is 0. The first-order chi connectivity index (χ1) is 8.27. The van der Waals surface area contributed by atoms with Gasteiger partial charge in [0, 0.05) is 13.0 Å². The number of nitrogens with zero attached hydrogens (tertiary/aromatic N) is 1. The SMILES string of the molecule is CCCCCCCC=NCCCCCC(=O)O. The molecule has 1 N–H and O–H groups in total. The van der Waals surface area contributed by atoms with Gasteiger partial charge in [-0.15, -0.1) is 0 Å². The highest BCUT2D eigenvalue weighted by molar-refractivity contribution is 5.66. The van der Waals surface area contributed by atoms with E-state index in [4.69, 9.17) is 5.11 Å². The number of aliphatic carboxylic acids is 1. The molecule has 17 heavy (non-hydrogen) atoms. The minimum atomic E-state index is -0.694. The number of unbranched alkanes of at least 4 members (excludes halogenated alkanes) is 7. The standard InChI is InChI=1S/C14H27NO2/c1-2-3-4-5-6-9-12-15-13-10-7-8-11-14(16)17/h12H,2-11,13H2,1H3,(H,16,17). The molecule has 0 heterocycles. The van der Waals surface area contributed by atoms with E-state index in [1.165, 1.54) is 32.1 Å². The van der Waals surface area contributed by atoms with Gasteiger partial charge in [0.15, 0.2) is 0 Å². The Balaban J connectivity index is 3.07. The van der Waals surface area contributed by atoms with E-state index in [1.54, 1.807) is 0 Å². The van der Waals surface area contributed by atoms with Crippen LogP contribution >= 0.6 is 0 Å². The Morgan fingerprint density at radius 3 is 2.47 bits per heavy atom. The third kappa shape index (κ3) is 15.1. The minimum Gasteiger partial charge on any atom is -0.481 e. The van der Waals surface area contributed by atoms with Gasteiger partial charge in [0.05, 0.1) is 0 Å². The Kier molecular flexibility index (Phi) is 12.5. The molecule has 100 valence electrons. The number of hydrogen-bond donors (Lipinski definition) is 1. The van der Waals surface area contributed by atoms with Gasteiger partial charge in [0.25, 0.3) is 0 Å². The smallest absolute Gasteiger partial charge is 0.303 e. The van der Waals surface area contributed by atoms with Crippen LogP contribution in [-0.2, 0) is 4.79 Å². The molecule has 0 amide bonds. The highest BCUT2D eigenvalue weighted by atomic mass is 16.4. The molecular formula is C14H27NO2. The number of aliphatic imine (C=N–C) groups is 1. The predicted octanol–water partition coefficient (Wildman–Crippen LogP) is 4.06. The Morgan fingerprint density at radius 2 is 1.76 bits per heavy atom. The second-order valence-corrected chi connectivity index (χ2v) is 4.50. The van der Waals surface area contributed by atoms with Crippen molar-refractivity contribution in [2.75, 3.05) is 6.54 Å². The quantitative estimate of drug-likeness (QED) is 0.414. The van der Waals surface area contributed by atoms with Crippen LogP contribution in [0.15, 0.2) is 4.99 Å². The molecule has 0 bridgehead atoms. The zero-order valence-corrected chi connectivity index (χ0v) is 11.2. The summed E-state index contributed by atoms with van der Waals surface area (Å²) in [5.74, 6) is -0.694. The van der Waals surface area contributed by atoms with E-state index in [2.05, 4.69) is 11.9 Å². The largest absolute Gasteiger partial charge is 0.481 e. The van der Waals surface area contributed by atoms with Crippen molar-refractivity contribution in [2.24, 2.45) is 4.99 Å². The van der Waals surface area contributed by atoms with E-state index in [0.29, 0.717) is 6.42 Å². The molecule has 0 aliphatic heterocycles. The fraction of sp³-hybridized carbons (Fsp3) is 0.857. The van der Waals surface area contributed by atoms with Gasteiger partial charge in [0.2, 0.25) is 0 Å². The molecular weight excluding hydrogens is 214 g/mol. The van der Waals surface area contributed by atoms with Crippen LogP contribution in [0.2, 0.25) is 0 Å². The van der Waals surface area contributed by atoms with Gasteiger partial charge >= 0.3 is 5.97 Å². The normalized spacial score (nSPS) is 11.1. The molecule has 0 spiro atoms. The molecule has 0 saturated carbocycles. The second-order valence-electron chi connectivity index (χ2n) is 4.50. The van der Waals surface area contributed by atoms with E-state index in [9.17, 15) is 4.79 Å². The first-order valence-corrected chi connectivity index (χ1v) is 6.97. The Bertz CT molecular complexity index is 202. The lowest BCUT2D eigenvalue weighted by Gasteiger charge is -1.97. The van der Waals surface area contributed by atoms with Crippen LogP contribution in [-0.4, -0.2) is 23.8 Å². The third-order valence-electron chi connectivity index (χ3n) is 2.74. The Morgan fingerprint density at radius 1 is 1.06 bits per heavy atom. The predicted molar refractivity (Wildman–Crippen MR) is 72.8 cm³/mol. The topological polar surface area (TPSA) is 49.7 Å². The van der Waals surface area contributed by atoms with Crippen LogP contribution < -0.4 is 0 Å². The maximum Gasteiger partial charge on any atom is 0.303 e. The molecule has 0 rings (SSSR count). The molecule has 0 saturated heterocycles. The molecule has 0 aliphatic rings. The Hall–Kier alpha value is -0.860. The van der Waals surface area contributed by atoms with Gasteiger partial charge in [-0.3, -0.25) is 9.79 Å². The summed E-state index contributed by atoms with van der Waals surface area (Å²) in [4.78, 5) is 14.6. The summed E-state index contributed by atoms with van der Waals surface area (Å²) in [5, 5.41) is 8.45. The number of hydrogen-bond acceptors (Lipinski definition) is 2. The molecule has 0 atom stereocenters. The van der Waals surface area contributed by atoms with Crippen molar-refractivity contribution < 1.29 is 9.90 Å². The van der Waals surface area contributed by atoms with Gasteiger partial charge in [0.1, 0.15) is 0 Å². The van der Waals surface area contributed by atoms with Crippen LogP contribution in [0, 0.1) is 0 Å². The van der Waals surface area contributed by atoms with Gasteiger partial charge in [-0.2, -0.15) is 0 Å². The number of carboxylic acid groups (broad SMARTS) is 1. The summed E-state index contributed by atoms with van der Waals surface area (Å²) in [7, 11) is 0. The van der Waals surface area contributed by atoms with Crippen molar-refractivity contribution in [3.05, 3.63) is 0 Å². The zero-order chi connectivity index (χ0) is 12.8. The molecule has 0 unspecified atom stereocenters. The van der Waals surface area contributed by atoms with Crippen LogP contribution in [0.4, 0.5) is 0 Å². The van der Waals surface area contributed by atoms with Crippen molar-refractivity contribution >= 4 is 12.2 Å². The van der Waals surface area contributed by atoms with Crippen LogP contribution in [0.3, 0.4) is 0 Å². The van der Waals surface area contributed by atoms with Crippen LogP contribution in [0.1, 0.15) is 71.1 Å². The fourth-order valence-corrected chi connectivity index (χ4v) is 1.68. The van der Waals surface area contributed by atoms with Crippen LogP contribution in [0.5, 0.6) is 0 Å². The van der Waals surface area contributed by atoms with Gasteiger partial charge in [-0.05, 0) is 31.9 Å². The van der Waals surface area contributed by atoms with Gasteiger partial charge in [-0.25, -0.2) is 0 Å². The molecule has 0 aromatic rings. The summed E-state index contributed by atoms with van der Waals surface area (Å²) < 4.78 is 0. The van der Waals surface area contributed by atoms with Crippen molar-refractivity contribution in [3.63, 3.8) is 0 Å². The maximum atomic E-state index is 10.3. The summed E-state index contributed by atoms with van der Waals surface area (Å²) in [6.45, 7) is 3.08. The molecule has 0 aromatic carbocycles. The molecule has 0 radical (unpaired) electrons.